The van der Waals surface area contributed by atoms with Gasteiger partial charge >= 0.3 is 0 Å². The van der Waals surface area contributed by atoms with Gasteiger partial charge in [-0.2, -0.15) is 0 Å². The summed E-state index contributed by atoms with van der Waals surface area (Å²) >= 11 is 0. The van der Waals surface area contributed by atoms with Crippen LogP contribution in [-0.2, 0) is 10.8 Å². The van der Waals surface area contributed by atoms with Crippen LogP contribution in [0.3, 0.4) is 0 Å². The van der Waals surface area contributed by atoms with Gasteiger partial charge < -0.3 is 20.4 Å². The van der Waals surface area contributed by atoms with Crippen molar-refractivity contribution in [3.05, 3.63) is 46.5 Å². The molecule has 0 atom stereocenters. The van der Waals surface area contributed by atoms with E-state index in [-0.39, 0.29) is 41.3 Å². The molecule has 0 saturated carbocycles. The molecule has 0 amide bonds. The van der Waals surface area contributed by atoms with Crippen molar-refractivity contribution < 1.29 is 20.4 Å². The first-order valence-corrected chi connectivity index (χ1v) is 8.70. The van der Waals surface area contributed by atoms with Crippen LogP contribution in [0.25, 0.3) is 0 Å². The zero-order valence-corrected chi connectivity index (χ0v) is 17.1. The van der Waals surface area contributed by atoms with E-state index in [1.807, 2.05) is 67.5 Å². The minimum absolute atomic E-state index is 0. The topological polar surface area (TPSA) is 80.9 Å². The second kappa shape index (κ2) is 8.55. The zero-order valence-electron chi connectivity index (χ0n) is 17.1. The van der Waals surface area contributed by atoms with Crippen molar-refractivity contribution in [2.24, 2.45) is 0 Å². The molecular formula is C23H36O4. The van der Waals surface area contributed by atoms with Crippen LogP contribution in [-0.4, -0.2) is 20.4 Å². The normalized spacial score (nSPS) is 11.3. The number of aryl methyl sites for hydroxylation is 2. The highest BCUT2D eigenvalue weighted by Crippen LogP contribution is 2.38. The lowest BCUT2D eigenvalue weighted by atomic mass is 9.85. The number of phenols is 4. The quantitative estimate of drug-likeness (QED) is 0.422. The second-order valence-electron chi connectivity index (χ2n) is 8.86. The van der Waals surface area contributed by atoms with Crippen LogP contribution in [0.1, 0.15) is 71.2 Å². The number of hydrogen-bond donors (Lipinski definition) is 4. The molecule has 0 fully saturated rings. The highest BCUT2D eigenvalue weighted by atomic mass is 16.3. The van der Waals surface area contributed by atoms with Crippen LogP contribution >= 0.6 is 0 Å². The molecule has 0 radical (unpaired) electrons. The molecule has 4 heteroatoms. The molecular weight excluding hydrogens is 340 g/mol. The average molecular weight is 377 g/mol. The van der Waals surface area contributed by atoms with Gasteiger partial charge in [-0.05, 0) is 47.9 Å². The minimum Gasteiger partial charge on any atom is -0.504 e. The summed E-state index contributed by atoms with van der Waals surface area (Å²) in [6.45, 7) is 15.8. The Balaban J connectivity index is 0.000000483. The van der Waals surface area contributed by atoms with Crippen LogP contribution < -0.4 is 0 Å². The fourth-order valence-electron chi connectivity index (χ4n) is 2.66. The number of benzene rings is 2. The Morgan fingerprint density at radius 2 is 0.815 bits per heavy atom. The molecule has 2 rings (SSSR count). The molecule has 4 nitrogen and oxygen atoms in total. The van der Waals surface area contributed by atoms with E-state index in [9.17, 15) is 20.4 Å². The Morgan fingerprint density at radius 1 is 0.556 bits per heavy atom. The largest absolute Gasteiger partial charge is 0.504 e. The summed E-state index contributed by atoms with van der Waals surface area (Å²) in [4.78, 5) is 0. The van der Waals surface area contributed by atoms with E-state index in [1.165, 1.54) is 0 Å². The molecule has 0 spiro atoms. The molecule has 2 aromatic rings. The fraction of sp³-hybridized carbons (Fsp3) is 0.478. The van der Waals surface area contributed by atoms with Gasteiger partial charge in [0.15, 0.2) is 23.0 Å². The Labute approximate surface area is 164 Å². The summed E-state index contributed by atoms with van der Waals surface area (Å²) in [5.74, 6) is -0.0777. The third kappa shape index (κ3) is 6.38. The summed E-state index contributed by atoms with van der Waals surface area (Å²) in [5.41, 5.74) is 3.19. The Hall–Kier alpha value is -2.36. The Morgan fingerprint density at radius 3 is 1.04 bits per heavy atom. The lowest BCUT2D eigenvalue weighted by Gasteiger charge is -2.21. The van der Waals surface area contributed by atoms with Gasteiger partial charge in [-0.3, -0.25) is 0 Å². The third-order valence-corrected chi connectivity index (χ3v) is 4.08. The minimum atomic E-state index is -0.145. The van der Waals surface area contributed by atoms with Gasteiger partial charge in [-0.25, -0.2) is 0 Å². The number of aromatic hydroxyl groups is 4. The van der Waals surface area contributed by atoms with Crippen molar-refractivity contribution in [2.45, 2.75) is 73.6 Å². The van der Waals surface area contributed by atoms with Gasteiger partial charge in [-0.1, -0.05) is 61.1 Å². The van der Waals surface area contributed by atoms with E-state index >= 15 is 0 Å². The molecule has 0 aliphatic rings. The van der Waals surface area contributed by atoms with E-state index in [0.717, 1.165) is 22.3 Å². The number of hydrogen-bond acceptors (Lipinski definition) is 4. The second-order valence-corrected chi connectivity index (χ2v) is 8.86. The Kier molecular flexibility index (Phi) is 7.81. The van der Waals surface area contributed by atoms with Gasteiger partial charge in [0.25, 0.3) is 0 Å². The fourth-order valence-corrected chi connectivity index (χ4v) is 2.66. The third-order valence-electron chi connectivity index (χ3n) is 4.08. The molecule has 0 aromatic heterocycles. The highest BCUT2D eigenvalue weighted by molar-refractivity contribution is 5.50. The maximum absolute atomic E-state index is 9.61. The smallest absolute Gasteiger partial charge is 0.161 e. The van der Waals surface area contributed by atoms with Crippen LogP contribution in [0.5, 0.6) is 23.0 Å². The van der Waals surface area contributed by atoms with Crippen molar-refractivity contribution in [2.75, 3.05) is 0 Å². The summed E-state index contributed by atoms with van der Waals surface area (Å²) in [5, 5.41) is 38.0. The summed E-state index contributed by atoms with van der Waals surface area (Å²) in [7, 11) is 0. The van der Waals surface area contributed by atoms with Gasteiger partial charge in [0.2, 0.25) is 0 Å². The first kappa shape index (κ1) is 24.6. The predicted molar refractivity (Wildman–Crippen MR) is 113 cm³/mol. The molecule has 0 bridgehead atoms. The maximum atomic E-state index is 9.61. The lowest BCUT2D eigenvalue weighted by molar-refractivity contribution is 0.388. The summed E-state index contributed by atoms with van der Waals surface area (Å²) in [6.07, 6.45) is 0. The predicted octanol–water partition coefficient (Wildman–Crippen LogP) is 6.04. The number of rotatable bonds is 0. The molecule has 0 aliphatic heterocycles. The van der Waals surface area contributed by atoms with Gasteiger partial charge in [0.05, 0.1) is 0 Å². The molecule has 0 aliphatic carbocycles. The van der Waals surface area contributed by atoms with E-state index < -0.39 is 0 Å². The summed E-state index contributed by atoms with van der Waals surface area (Å²) in [6, 6.07) is 6.92. The Bertz CT molecular complexity index is 711. The van der Waals surface area contributed by atoms with E-state index in [4.69, 9.17) is 0 Å². The van der Waals surface area contributed by atoms with Crippen molar-refractivity contribution in [3.8, 4) is 23.0 Å². The standard InChI is InChI=1S/2C11H16O2.CH4/c2*1-7-5-8(11(2,3)4)10(13)9(12)6-7;/h2*5-6,12-13H,1-4H3;1H4. The van der Waals surface area contributed by atoms with Crippen molar-refractivity contribution in [3.63, 3.8) is 0 Å². The highest BCUT2D eigenvalue weighted by Gasteiger charge is 2.21. The van der Waals surface area contributed by atoms with Crippen molar-refractivity contribution >= 4 is 0 Å². The first-order valence-electron chi connectivity index (χ1n) is 8.70. The van der Waals surface area contributed by atoms with Crippen LogP contribution in [0, 0.1) is 13.8 Å². The van der Waals surface area contributed by atoms with Gasteiger partial charge in [0, 0.05) is 11.1 Å². The molecule has 4 N–H and O–H groups in total. The SMILES string of the molecule is C.Cc1cc(O)c(O)c(C(C)(C)C)c1.Cc1cc(O)c(O)c(C(C)(C)C)c1. The zero-order chi connectivity index (χ0) is 20.4. The molecule has 2 aromatic carbocycles. The van der Waals surface area contributed by atoms with Crippen LogP contribution in [0.2, 0.25) is 0 Å². The molecule has 152 valence electrons. The molecule has 0 saturated heterocycles. The lowest BCUT2D eigenvalue weighted by Crippen LogP contribution is -2.11. The summed E-state index contributed by atoms with van der Waals surface area (Å²) < 4.78 is 0. The monoisotopic (exact) mass is 376 g/mol. The van der Waals surface area contributed by atoms with Crippen LogP contribution in [0.15, 0.2) is 24.3 Å². The van der Waals surface area contributed by atoms with Crippen molar-refractivity contribution in [1.29, 1.82) is 0 Å². The molecule has 0 heterocycles. The van der Waals surface area contributed by atoms with E-state index in [0.29, 0.717) is 0 Å². The molecule has 27 heavy (non-hydrogen) atoms. The first-order chi connectivity index (χ1) is 11.6. The van der Waals surface area contributed by atoms with Crippen molar-refractivity contribution in [1.82, 2.24) is 0 Å². The van der Waals surface area contributed by atoms with Gasteiger partial charge in [0.1, 0.15) is 0 Å². The van der Waals surface area contributed by atoms with E-state index in [2.05, 4.69) is 0 Å². The average Bonchev–Trinajstić information content (AvgIpc) is 2.45. The number of phenolic OH excluding ortho intramolecular Hbond substituents is 4. The van der Waals surface area contributed by atoms with E-state index in [1.54, 1.807) is 12.1 Å². The molecule has 0 unspecified atom stereocenters. The van der Waals surface area contributed by atoms with Crippen LogP contribution in [0.4, 0.5) is 0 Å². The van der Waals surface area contributed by atoms with Gasteiger partial charge in [-0.15, -0.1) is 0 Å². The maximum Gasteiger partial charge on any atom is 0.161 e.